The molecule has 0 aliphatic carbocycles. The van der Waals surface area contributed by atoms with Crippen LogP contribution in [0.3, 0.4) is 0 Å². The maximum Gasteiger partial charge on any atom is 0.433 e. The maximum atomic E-state index is 12.5. The summed E-state index contributed by atoms with van der Waals surface area (Å²) in [6.07, 6.45) is -4.10. The minimum Gasteiger partial charge on any atom is -0.478 e. The van der Waals surface area contributed by atoms with Gasteiger partial charge >= 0.3 is 12.1 Å². The number of rotatable bonds is 2. The molecule has 1 aromatic heterocycles. The van der Waals surface area contributed by atoms with Crippen molar-refractivity contribution in [3.8, 4) is 0 Å². The fraction of sp³-hybridized carbons (Fsp3) is 0.455. The summed E-state index contributed by atoms with van der Waals surface area (Å²) in [4.78, 5) is 14.4. The largest absolute Gasteiger partial charge is 0.478 e. The third kappa shape index (κ3) is 2.45. The molecule has 1 aliphatic heterocycles. The standard InChI is InChI=1S/C11H10F3NO3/c12-11(13,14)8-4-3-6(10(16)17)9(15-8)7-2-1-5-18-7/h3-4,7H,1-2,5H2,(H,16,17). The van der Waals surface area contributed by atoms with E-state index in [-0.39, 0.29) is 11.3 Å². The highest BCUT2D eigenvalue weighted by molar-refractivity contribution is 5.89. The highest BCUT2D eigenvalue weighted by Crippen LogP contribution is 2.33. The van der Waals surface area contributed by atoms with E-state index in [0.717, 1.165) is 6.07 Å². The van der Waals surface area contributed by atoms with Crippen molar-refractivity contribution in [1.82, 2.24) is 4.98 Å². The third-order valence-corrected chi connectivity index (χ3v) is 2.68. The normalized spacial score (nSPS) is 20.1. The molecule has 1 aliphatic rings. The molecule has 1 N–H and O–H groups in total. The van der Waals surface area contributed by atoms with E-state index in [9.17, 15) is 18.0 Å². The van der Waals surface area contributed by atoms with E-state index in [2.05, 4.69) is 4.98 Å². The lowest BCUT2D eigenvalue weighted by Gasteiger charge is -2.14. The maximum absolute atomic E-state index is 12.5. The molecule has 1 aromatic rings. The Morgan fingerprint density at radius 2 is 2.17 bits per heavy atom. The van der Waals surface area contributed by atoms with Crippen LogP contribution in [-0.2, 0) is 10.9 Å². The Morgan fingerprint density at radius 1 is 1.44 bits per heavy atom. The Kier molecular flexibility index (Phi) is 3.25. The second-order valence-electron chi connectivity index (χ2n) is 3.93. The molecule has 1 atom stereocenters. The highest BCUT2D eigenvalue weighted by atomic mass is 19.4. The number of carbonyl (C=O) groups is 1. The van der Waals surface area contributed by atoms with Gasteiger partial charge in [-0.3, -0.25) is 0 Å². The molecule has 2 rings (SSSR count). The Balaban J connectivity index is 2.47. The summed E-state index contributed by atoms with van der Waals surface area (Å²) in [7, 11) is 0. The zero-order valence-electron chi connectivity index (χ0n) is 9.20. The smallest absolute Gasteiger partial charge is 0.433 e. The number of ether oxygens (including phenoxy) is 1. The van der Waals surface area contributed by atoms with Crippen molar-refractivity contribution in [3.63, 3.8) is 0 Å². The predicted molar refractivity (Wildman–Crippen MR) is 54.1 cm³/mol. The van der Waals surface area contributed by atoms with E-state index in [4.69, 9.17) is 9.84 Å². The van der Waals surface area contributed by atoms with Crippen molar-refractivity contribution < 1.29 is 27.8 Å². The fourth-order valence-corrected chi connectivity index (χ4v) is 1.85. The lowest BCUT2D eigenvalue weighted by Crippen LogP contribution is -2.15. The molecule has 2 heterocycles. The third-order valence-electron chi connectivity index (χ3n) is 2.68. The minimum absolute atomic E-state index is 0.144. The molecule has 0 amide bonds. The molecule has 0 bridgehead atoms. The van der Waals surface area contributed by atoms with Crippen LogP contribution in [-0.4, -0.2) is 22.7 Å². The Morgan fingerprint density at radius 3 is 2.67 bits per heavy atom. The summed E-state index contributed by atoms with van der Waals surface area (Å²) in [5, 5.41) is 8.94. The average Bonchev–Trinajstić information content (AvgIpc) is 2.80. The van der Waals surface area contributed by atoms with Crippen LogP contribution in [0, 0.1) is 0 Å². The van der Waals surface area contributed by atoms with Gasteiger partial charge in [-0.05, 0) is 25.0 Å². The minimum atomic E-state index is -4.59. The van der Waals surface area contributed by atoms with Gasteiger partial charge in [0.1, 0.15) is 11.8 Å². The summed E-state index contributed by atoms with van der Waals surface area (Å²) < 4.78 is 42.8. The van der Waals surface area contributed by atoms with E-state index in [0.29, 0.717) is 25.5 Å². The molecule has 0 saturated carbocycles. The van der Waals surface area contributed by atoms with Crippen LogP contribution < -0.4 is 0 Å². The first-order chi connectivity index (χ1) is 8.39. The van der Waals surface area contributed by atoms with Gasteiger partial charge in [0.05, 0.1) is 11.3 Å². The number of aromatic carboxylic acids is 1. The number of carboxylic acids is 1. The lowest BCUT2D eigenvalue weighted by molar-refractivity contribution is -0.141. The van der Waals surface area contributed by atoms with E-state index in [1.807, 2.05) is 0 Å². The SMILES string of the molecule is O=C(O)c1ccc(C(F)(F)F)nc1C1CCCO1. The fourth-order valence-electron chi connectivity index (χ4n) is 1.85. The number of carboxylic acid groups (broad SMARTS) is 1. The van der Waals surface area contributed by atoms with Gasteiger partial charge in [0.2, 0.25) is 0 Å². The number of hydrogen-bond donors (Lipinski definition) is 1. The van der Waals surface area contributed by atoms with Crippen molar-refractivity contribution >= 4 is 5.97 Å². The number of halogens is 3. The molecule has 1 saturated heterocycles. The van der Waals surface area contributed by atoms with Crippen LogP contribution >= 0.6 is 0 Å². The van der Waals surface area contributed by atoms with Gasteiger partial charge in [0.15, 0.2) is 0 Å². The van der Waals surface area contributed by atoms with E-state index < -0.39 is 23.9 Å². The Labute approximate surface area is 100 Å². The number of hydrogen-bond acceptors (Lipinski definition) is 3. The van der Waals surface area contributed by atoms with Gasteiger partial charge in [0, 0.05) is 6.61 Å². The Bertz CT molecular complexity index is 467. The lowest BCUT2D eigenvalue weighted by atomic mass is 10.1. The van der Waals surface area contributed by atoms with Crippen molar-refractivity contribution in [1.29, 1.82) is 0 Å². The van der Waals surface area contributed by atoms with Gasteiger partial charge in [-0.15, -0.1) is 0 Å². The topological polar surface area (TPSA) is 59.4 Å². The molecular formula is C11H10F3NO3. The van der Waals surface area contributed by atoms with Crippen molar-refractivity contribution in [2.75, 3.05) is 6.61 Å². The van der Waals surface area contributed by atoms with Gasteiger partial charge in [-0.2, -0.15) is 13.2 Å². The van der Waals surface area contributed by atoms with Gasteiger partial charge < -0.3 is 9.84 Å². The molecule has 98 valence electrons. The summed E-state index contributed by atoms with van der Waals surface area (Å²) in [5.74, 6) is -1.30. The van der Waals surface area contributed by atoms with Crippen LogP contribution in [0.5, 0.6) is 0 Å². The second kappa shape index (κ2) is 4.56. The summed E-state index contributed by atoms with van der Waals surface area (Å²) >= 11 is 0. The number of aromatic nitrogens is 1. The Hall–Kier alpha value is -1.63. The van der Waals surface area contributed by atoms with Crippen LogP contribution in [0.2, 0.25) is 0 Å². The monoisotopic (exact) mass is 261 g/mol. The summed E-state index contributed by atoms with van der Waals surface area (Å²) in [6.45, 7) is 0.404. The highest BCUT2D eigenvalue weighted by Gasteiger charge is 2.35. The van der Waals surface area contributed by atoms with Gasteiger partial charge in [-0.25, -0.2) is 9.78 Å². The molecule has 18 heavy (non-hydrogen) atoms. The molecule has 0 aromatic carbocycles. The van der Waals surface area contributed by atoms with Crippen molar-refractivity contribution in [2.45, 2.75) is 25.1 Å². The summed E-state index contributed by atoms with van der Waals surface area (Å²) in [6, 6.07) is 1.59. The average molecular weight is 261 g/mol. The first-order valence-electron chi connectivity index (χ1n) is 5.32. The van der Waals surface area contributed by atoms with E-state index >= 15 is 0 Å². The molecule has 1 unspecified atom stereocenters. The molecular weight excluding hydrogens is 251 g/mol. The summed E-state index contributed by atoms with van der Waals surface area (Å²) in [5.41, 5.74) is -1.48. The molecule has 0 radical (unpaired) electrons. The van der Waals surface area contributed by atoms with Gasteiger partial charge in [0.25, 0.3) is 0 Å². The van der Waals surface area contributed by atoms with Crippen LogP contribution in [0.1, 0.15) is 40.7 Å². The number of pyridine rings is 1. The zero-order valence-corrected chi connectivity index (χ0v) is 9.20. The molecule has 1 fully saturated rings. The van der Waals surface area contributed by atoms with Crippen LogP contribution in [0.4, 0.5) is 13.2 Å². The number of alkyl halides is 3. The van der Waals surface area contributed by atoms with Crippen molar-refractivity contribution in [3.05, 3.63) is 29.1 Å². The molecule has 0 spiro atoms. The van der Waals surface area contributed by atoms with E-state index in [1.165, 1.54) is 0 Å². The predicted octanol–water partition coefficient (Wildman–Crippen LogP) is 2.65. The van der Waals surface area contributed by atoms with Gasteiger partial charge in [-0.1, -0.05) is 0 Å². The second-order valence-corrected chi connectivity index (χ2v) is 3.93. The van der Waals surface area contributed by atoms with Crippen LogP contribution in [0.25, 0.3) is 0 Å². The van der Waals surface area contributed by atoms with Crippen molar-refractivity contribution in [2.24, 2.45) is 0 Å². The van der Waals surface area contributed by atoms with Crippen LogP contribution in [0.15, 0.2) is 12.1 Å². The molecule has 7 heteroatoms. The first-order valence-corrected chi connectivity index (χ1v) is 5.32. The zero-order chi connectivity index (χ0) is 13.3. The number of nitrogens with zero attached hydrogens (tertiary/aromatic N) is 1. The van der Waals surface area contributed by atoms with E-state index in [1.54, 1.807) is 0 Å². The molecule has 4 nitrogen and oxygen atoms in total. The quantitative estimate of drug-likeness (QED) is 0.889. The first kappa shape index (κ1) is 12.8.